The van der Waals surface area contributed by atoms with Crippen molar-refractivity contribution < 1.29 is 13.9 Å². The van der Waals surface area contributed by atoms with Crippen molar-refractivity contribution in [3.8, 4) is 17.2 Å². The van der Waals surface area contributed by atoms with Crippen LogP contribution in [0.25, 0.3) is 5.69 Å². The zero-order valence-electron chi connectivity index (χ0n) is 16.2. The molecule has 1 aliphatic rings. The monoisotopic (exact) mass is 429 g/mol. The third kappa shape index (κ3) is 4.63. The molecule has 2 aromatic carbocycles. The molecule has 0 spiro atoms. The second kappa shape index (κ2) is 8.85. The summed E-state index contributed by atoms with van der Waals surface area (Å²) >= 11 is 6.24. The summed E-state index contributed by atoms with van der Waals surface area (Å²) in [4.78, 5) is 12.7. The number of nitrogens with zero attached hydrogens (tertiary/aromatic N) is 2. The summed E-state index contributed by atoms with van der Waals surface area (Å²) < 4.78 is 26.8. The Bertz CT molecular complexity index is 1050. The lowest BCUT2D eigenvalue weighted by Gasteiger charge is -2.29. The van der Waals surface area contributed by atoms with Gasteiger partial charge in [0.1, 0.15) is 16.5 Å². The molecule has 0 amide bonds. The normalized spacial score (nSPS) is 18.7. The maximum atomic E-state index is 14.7. The van der Waals surface area contributed by atoms with Crippen LogP contribution < -0.4 is 15.6 Å². The van der Waals surface area contributed by atoms with Gasteiger partial charge < -0.3 is 14.8 Å². The van der Waals surface area contributed by atoms with Crippen molar-refractivity contribution in [3.63, 3.8) is 0 Å². The Morgan fingerprint density at radius 2 is 1.90 bits per heavy atom. The van der Waals surface area contributed by atoms with Crippen molar-refractivity contribution in [1.29, 1.82) is 0 Å². The number of para-hydroxylation sites is 1. The van der Waals surface area contributed by atoms with Crippen molar-refractivity contribution in [3.05, 3.63) is 76.2 Å². The van der Waals surface area contributed by atoms with Gasteiger partial charge in [0.2, 0.25) is 0 Å². The van der Waals surface area contributed by atoms with Crippen molar-refractivity contribution in [2.24, 2.45) is 0 Å². The average Bonchev–Trinajstić information content (AvgIpc) is 2.77. The van der Waals surface area contributed by atoms with Crippen LogP contribution >= 0.6 is 11.6 Å². The second-order valence-electron chi connectivity index (χ2n) is 7.16. The van der Waals surface area contributed by atoms with E-state index in [1.165, 1.54) is 10.9 Å². The van der Waals surface area contributed by atoms with Gasteiger partial charge in [-0.3, -0.25) is 4.79 Å². The summed E-state index contributed by atoms with van der Waals surface area (Å²) in [6.07, 6.45) is 2.49. The maximum absolute atomic E-state index is 14.7. The van der Waals surface area contributed by atoms with E-state index in [0.717, 1.165) is 0 Å². The van der Waals surface area contributed by atoms with Gasteiger partial charge in [0, 0.05) is 6.61 Å². The fourth-order valence-electron chi connectivity index (χ4n) is 3.23. The molecule has 0 radical (unpaired) electrons. The lowest BCUT2D eigenvalue weighted by atomic mass is 9.99. The molecule has 30 heavy (non-hydrogen) atoms. The molecule has 4 rings (SSSR count). The number of rotatable bonds is 6. The van der Waals surface area contributed by atoms with Crippen LogP contribution in [-0.2, 0) is 4.74 Å². The molecule has 2 heterocycles. The van der Waals surface area contributed by atoms with Crippen molar-refractivity contribution in [1.82, 2.24) is 9.78 Å². The first-order chi connectivity index (χ1) is 14.5. The second-order valence-corrected chi connectivity index (χ2v) is 7.54. The number of anilines is 1. The van der Waals surface area contributed by atoms with Gasteiger partial charge in [-0.25, -0.2) is 4.39 Å². The van der Waals surface area contributed by atoms with Crippen LogP contribution in [0.4, 0.5) is 10.1 Å². The van der Waals surface area contributed by atoms with E-state index in [1.54, 1.807) is 24.3 Å². The molecule has 0 unspecified atom stereocenters. The Morgan fingerprint density at radius 1 is 1.17 bits per heavy atom. The quantitative estimate of drug-likeness (QED) is 0.620. The minimum absolute atomic E-state index is 0.00335. The van der Waals surface area contributed by atoms with Crippen LogP contribution in [0.5, 0.6) is 11.5 Å². The van der Waals surface area contributed by atoms with E-state index >= 15 is 0 Å². The first-order valence-corrected chi connectivity index (χ1v) is 10.0. The third-order valence-corrected chi connectivity index (χ3v) is 5.21. The number of benzene rings is 2. The lowest BCUT2D eigenvalue weighted by Crippen LogP contribution is -2.40. The SMILES string of the molecule is O=c1c(Cl)c(NC[C@@]2(F)CCCOC2)cnn1-c1ccc(Oc2ccccc2)cc1. The molecule has 1 N–H and O–H groups in total. The predicted molar refractivity (Wildman–Crippen MR) is 114 cm³/mol. The van der Waals surface area contributed by atoms with Crippen molar-refractivity contribution >= 4 is 17.3 Å². The number of halogens is 2. The highest BCUT2D eigenvalue weighted by Gasteiger charge is 2.32. The Kier molecular flexibility index (Phi) is 6.01. The van der Waals surface area contributed by atoms with E-state index in [-0.39, 0.29) is 18.2 Å². The van der Waals surface area contributed by atoms with Gasteiger partial charge in [0.05, 0.1) is 30.7 Å². The molecule has 156 valence electrons. The van der Waals surface area contributed by atoms with E-state index in [2.05, 4.69) is 10.4 Å². The van der Waals surface area contributed by atoms with Crippen LogP contribution in [0.2, 0.25) is 5.02 Å². The summed E-state index contributed by atoms with van der Waals surface area (Å²) in [5.41, 5.74) is -1.14. The number of nitrogens with one attached hydrogen (secondary N) is 1. The highest BCUT2D eigenvalue weighted by molar-refractivity contribution is 6.32. The van der Waals surface area contributed by atoms with Crippen LogP contribution in [0.15, 0.2) is 65.6 Å². The molecule has 0 aliphatic carbocycles. The largest absolute Gasteiger partial charge is 0.457 e. The van der Waals surface area contributed by atoms with Crippen molar-refractivity contribution in [2.75, 3.05) is 25.1 Å². The number of alkyl halides is 1. The summed E-state index contributed by atoms with van der Waals surface area (Å²) in [7, 11) is 0. The van der Waals surface area contributed by atoms with Crippen LogP contribution in [-0.4, -0.2) is 35.2 Å². The highest BCUT2D eigenvalue weighted by Crippen LogP contribution is 2.26. The topological polar surface area (TPSA) is 65.4 Å². The molecular weight excluding hydrogens is 409 g/mol. The first-order valence-electron chi connectivity index (χ1n) is 9.66. The maximum Gasteiger partial charge on any atom is 0.292 e. The molecule has 1 aliphatic heterocycles. The van der Waals surface area contributed by atoms with Gasteiger partial charge in [0.25, 0.3) is 5.56 Å². The predicted octanol–water partition coefficient (Wildman–Crippen LogP) is 4.61. The van der Waals surface area contributed by atoms with E-state index in [9.17, 15) is 9.18 Å². The molecule has 8 heteroatoms. The number of hydrogen-bond donors (Lipinski definition) is 1. The van der Waals surface area contributed by atoms with Crippen LogP contribution in [0.1, 0.15) is 12.8 Å². The number of ether oxygens (including phenoxy) is 2. The molecule has 6 nitrogen and oxygen atoms in total. The van der Waals surface area contributed by atoms with Gasteiger partial charge in [0.15, 0.2) is 5.67 Å². The van der Waals surface area contributed by atoms with E-state index in [0.29, 0.717) is 42.3 Å². The van der Waals surface area contributed by atoms with Gasteiger partial charge >= 0.3 is 0 Å². The molecule has 0 saturated carbocycles. The molecule has 0 bridgehead atoms. The van der Waals surface area contributed by atoms with Gasteiger partial charge in [-0.2, -0.15) is 9.78 Å². The van der Waals surface area contributed by atoms with Gasteiger partial charge in [-0.1, -0.05) is 29.8 Å². The zero-order valence-corrected chi connectivity index (χ0v) is 16.9. The standard InChI is InChI=1S/C22H21ClFN3O3/c23-20-19(25-14-22(24)11-4-12-29-15-22)13-26-27(21(20)28)16-7-9-18(10-8-16)30-17-5-2-1-3-6-17/h1-3,5-10,13,25H,4,11-12,14-15H2/t22-/m0/s1. The Morgan fingerprint density at radius 3 is 2.60 bits per heavy atom. The van der Waals surface area contributed by atoms with Crippen molar-refractivity contribution in [2.45, 2.75) is 18.5 Å². The molecule has 1 saturated heterocycles. The van der Waals surface area contributed by atoms with Gasteiger partial charge in [-0.15, -0.1) is 0 Å². The number of aromatic nitrogens is 2. The van der Waals surface area contributed by atoms with E-state index < -0.39 is 11.2 Å². The molecule has 1 fully saturated rings. The summed E-state index contributed by atoms with van der Waals surface area (Å²) in [5.74, 6) is 1.35. The fraction of sp³-hybridized carbons (Fsp3) is 0.273. The Labute approximate surface area is 178 Å². The molecule has 1 atom stereocenters. The van der Waals surface area contributed by atoms with Crippen LogP contribution in [0, 0.1) is 0 Å². The summed E-state index contributed by atoms with van der Waals surface area (Å²) in [6.45, 7) is 0.599. The summed E-state index contributed by atoms with van der Waals surface area (Å²) in [6, 6.07) is 16.3. The third-order valence-electron chi connectivity index (χ3n) is 4.85. The van der Waals surface area contributed by atoms with E-state index in [1.807, 2.05) is 30.3 Å². The highest BCUT2D eigenvalue weighted by atomic mass is 35.5. The van der Waals surface area contributed by atoms with Crippen LogP contribution in [0.3, 0.4) is 0 Å². The minimum atomic E-state index is -1.48. The summed E-state index contributed by atoms with van der Waals surface area (Å²) in [5, 5.41) is 7.02. The first kappa shape index (κ1) is 20.4. The minimum Gasteiger partial charge on any atom is -0.457 e. The Hall–Kier alpha value is -2.90. The number of hydrogen-bond acceptors (Lipinski definition) is 5. The van der Waals surface area contributed by atoms with Gasteiger partial charge in [-0.05, 0) is 49.2 Å². The Balaban J connectivity index is 1.48. The smallest absolute Gasteiger partial charge is 0.292 e. The van der Waals surface area contributed by atoms with E-state index in [4.69, 9.17) is 21.1 Å². The zero-order chi connectivity index (χ0) is 21.0. The average molecular weight is 430 g/mol. The molecule has 3 aromatic rings. The molecular formula is C22H21ClFN3O3. The molecule has 1 aromatic heterocycles. The fourth-order valence-corrected chi connectivity index (χ4v) is 3.43. The lowest BCUT2D eigenvalue weighted by molar-refractivity contribution is -0.0234.